The molecule has 0 aliphatic heterocycles. The van der Waals surface area contributed by atoms with Crippen LogP contribution < -0.4 is 154 Å². The fraction of sp³-hybridized carbons (Fsp3) is 0. The van der Waals surface area contributed by atoms with E-state index in [2.05, 4.69) is 0 Å². The van der Waals surface area contributed by atoms with Crippen molar-refractivity contribution in [1.82, 2.24) is 0 Å². The molecular weight excluding hydrogens is 329 g/mol. The molecule has 0 radical (unpaired) electrons. The quantitative estimate of drug-likeness (QED) is 0.319. The van der Waals surface area contributed by atoms with Crippen LogP contribution in [0.2, 0.25) is 0 Å². The first kappa shape index (κ1) is 79.1. The van der Waals surface area contributed by atoms with E-state index in [1.165, 1.54) is 0 Å². The zero-order valence-corrected chi connectivity index (χ0v) is 19.5. The molecule has 0 amide bonds. The normalized spacial score (nSPS) is 0.750. The second-order valence-electron chi connectivity index (χ2n) is 0. The van der Waals surface area contributed by atoms with Gasteiger partial charge in [0.2, 0.25) is 0 Å². The van der Waals surface area contributed by atoms with Crippen molar-refractivity contribution in [2.75, 3.05) is 0 Å². The van der Waals surface area contributed by atoms with Crippen LogP contribution in [0.4, 0.5) is 0 Å². The molecule has 10 heteroatoms. The van der Waals surface area contributed by atoms with Crippen molar-refractivity contribution in [2.24, 2.45) is 0 Å². The number of rotatable bonds is 0. The molecule has 0 saturated carbocycles. The molecule has 0 aromatic carbocycles. The Labute approximate surface area is 235 Å². The monoisotopic (exact) mass is 329 g/mol. The first-order valence-corrected chi connectivity index (χ1v) is 1.34. The molecule has 0 unspecified atom stereocenters. The number of hydrogen-bond acceptors (Lipinski definition) is 6. The molecule has 6 nitrogen and oxygen atoms in total. The van der Waals surface area contributed by atoms with Gasteiger partial charge in [-0.15, -0.1) is 0 Å². The molecule has 16 heavy (non-hydrogen) atoms. The van der Waals surface area contributed by atoms with Gasteiger partial charge < -0.3 is 71.0 Å². The van der Waals surface area contributed by atoms with Crippen molar-refractivity contribution in [1.29, 1.82) is 31.6 Å². The number of hydrogen-bond donors (Lipinski definition) is 0. The topological polar surface area (TPSA) is 143 Å². The van der Waals surface area contributed by atoms with Crippen molar-refractivity contribution in [3.63, 3.8) is 0 Å². The van der Waals surface area contributed by atoms with Crippen molar-refractivity contribution < 1.29 is 171 Å². The first-order chi connectivity index (χ1) is 6.00. The van der Waals surface area contributed by atoms with Crippen LogP contribution in [0.1, 0.15) is 0 Å². The third-order valence-electron chi connectivity index (χ3n) is 0. The minimum atomic E-state index is 0. The Morgan fingerprint density at radius 1 is 0.312 bits per heavy atom. The predicted octanol–water partition coefficient (Wildman–Crippen LogP) is -8.41. The average Bonchev–Trinajstić information content (AvgIpc) is 2.33. The molecule has 0 heterocycles. The summed E-state index contributed by atoms with van der Waals surface area (Å²) in [6.07, 6.45) is 0. The molecule has 0 aromatic rings. The van der Waals surface area contributed by atoms with E-state index in [1.807, 2.05) is 0 Å². The standard InChI is InChI=1S/6CN.Fe.3K/c6*1-2;;;;/q6*-1;;3*+1. The van der Waals surface area contributed by atoms with Gasteiger partial charge in [-0.25, -0.2) is 0 Å². The van der Waals surface area contributed by atoms with Gasteiger partial charge in [0.1, 0.15) is 0 Å². The molecular formula is C6FeK3N6-3. The zero-order valence-electron chi connectivity index (χ0n) is 9.04. The molecule has 0 aliphatic rings. The summed E-state index contributed by atoms with van der Waals surface area (Å²) in [5.74, 6) is 0. The molecule has 0 aliphatic carbocycles. The second kappa shape index (κ2) is 829. The molecule has 0 aromatic heterocycles. The third-order valence-corrected chi connectivity index (χ3v) is 0. The van der Waals surface area contributed by atoms with Gasteiger partial charge in [0.05, 0.1) is 0 Å². The Bertz CT molecular complexity index is 103. The Morgan fingerprint density at radius 2 is 0.312 bits per heavy atom. The van der Waals surface area contributed by atoms with Crippen LogP contribution in [0.15, 0.2) is 0 Å². The fourth-order valence-electron chi connectivity index (χ4n) is 0. The van der Waals surface area contributed by atoms with E-state index in [0.717, 1.165) is 0 Å². The van der Waals surface area contributed by atoms with Crippen LogP contribution >= 0.6 is 0 Å². The summed E-state index contributed by atoms with van der Waals surface area (Å²) in [7, 11) is 0. The molecule has 68 valence electrons. The molecule has 0 fully saturated rings. The van der Waals surface area contributed by atoms with E-state index in [1.54, 1.807) is 0 Å². The van der Waals surface area contributed by atoms with E-state index in [9.17, 15) is 0 Å². The van der Waals surface area contributed by atoms with Gasteiger partial charge >= 0.3 is 154 Å². The van der Waals surface area contributed by atoms with Crippen LogP contribution in [0.25, 0.3) is 0 Å². The molecule has 0 atom stereocenters. The summed E-state index contributed by atoms with van der Waals surface area (Å²) in [4.78, 5) is 0. The zero-order chi connectivity index (χ0) is 12.0. The summed E-state index contributed by atoms with van der Waals surface area (Å²) in [5.41, 5.74) is 0. The largest absolute Gasteiger partial charge is 1.00 e. The van der Waals surface area contributed by atoms with E-state index < -0.39 is 0 Å². The van der Waals surface area contributed by atoms with Crippen molar-refractivity contribution in [3.8, 4) is 0 Å². The SMILES string of the molecule is [C-]#N.[C-]#N.[C-]#N.[C-]#N.[C-]#N.[C-]#N.[Fe].[K+].[K+].[K+]. The second-order valence-corrected chi connectivity index (χ2v) is 0. The minimum Gasteiger partial charge on any atom is -0.512 e. The first-order valence-electron chi connectivity index (χ1n) is 1.34. The number of nitrogens with zero attached hydrogens (tertiary/aromatic N) is 6. The maximum absolute atomic E-state index is 6.25. The summed E-state index contributed by atoms with van der Waals surface area (Å²) < 4.78 is 0. The van der Waals surface area contributed by atoms with Crippen LogP contribution in [-0.2, 0) is 17.1 Å². The van der Waals surface area contributed by atoms with E-state index in [0.29, 0.717) is 0 Å². The molecule has 0 rings (SSSR count). The van der Waals surface area contributed by atoms with Crippen LogP contribution in [0.3, 0.4) is 0 Å². The fourth-order valence-corrected chi connectivity index (χ4v) is 0. The van der Waals surface area contributed by atoms with Gasteiger partial charge in [-0.3, -0.25) is 0 Å². The molecule has 0 bridgehead atoms. The Kier molecular flexibility index (Phi) is 4100. The Hall–Kier alpha value is 2.37. The average molecular weight is 329 g/mol. The minimum absolute atomic E-state index is 0. The third kappa shape index (κ3) is 689. The Balaban J connectivity index is -0.00000000321. The summed E-state index contributed by atoms with van der Waals surface area (Å²) in [6, 6.07) is 0. The van der Waals surface area contributed by atoms with Gasteiger partial charge in [-0.05, 0) is 0 Å². The van der Waals surface area contributed by atoms with Crippen molar-refractivity contribution in [3.05, 3.63) is 39.4 Å². The van der Waals surface area contributed by atoms with Gasteiger partial charge in [0, 0.05) is 17.1 Å². The molecule has 0 N–H and O–H groups in total. The van der Waals surface area contributed by atoms with Gasteiger partial charge in [0.15, 0.2) is 0 Å². The van der Waals surface area contributed by atoms with Crippen LogP contribution in [-0.4, -0.2) is 0 Å². The van der Waals surface area contributed by atoms with Gasteiger partial charge in [-0.1, -0.05) is 0 Å². The predicted molar refractivity (Wildman–Crippen MR) is 29.8 cm³/mol. The summed E-state index contributed by atoms with van der Waals surface area (Å²) >= 11 is 0. The van der Waals surface area contributed by atoms with Crippen molar-refractivity contribution in [2.45, 2.75) is 0 Å². The molecule has 0 spiro atoms. The summed E-state index contributed by atoms with van der Waals surface area (Å²) in [5, 5.41) is 37.5. The van der Waals surface area contributed by atoms with E-state index in [-0.39, 0.29) is 171 Å². The van der Waals surface area contributed by atoms with E-state index in [4.69, 9.17) is 71.0 Å². The van der Waals surface area contributed by atoms with Gasteiger partial charge in [-0.2, -0.15) is 0 Å². The molecule has 0 saturated heterocycles. The maximum atomic E-state index is 6.25. The van der Waals surface area contributed by atoms with E-state index >= 15 is 0 Å². The maximum Gasteiger partial charge on any atom is 1.00 e. The summed E-state index contributed by atoms with van der Waals surface area (Å²) in [6.45, 7) is 28.5. The van der Waals surface area contributed by atoms with Crippen molar-refractivity contribution >= 4 is 0 Å². The van der Waals surface area contributed by atoms with Gasteiger partial charge in [0.25, 0.3) is 0 Å². The Morgan fingerprint density at radius 3 is 0.312 bits per heavy atom. The van der Waals surface area contributed by atoms with Crippen LogP contribution in [0.5, 0.6) is 0 Å². The smallest absolute Gasteiger partial charge is 0.512 e. The van der Waals surface area contributed by atoms with Crippen LogP contribution in [0, 0.1) is 71.0 Å².